The van der Waals surface area contributed by atoms with Gasteiger partial charge in [-0.2, -0.15) is 0 Å². The highest BCUT2D eigenvalue weighted by molar-refractivity contribution is 6.03. The zero-order valence-electron chi connectivity index (χ0n) is 25.3. The monoisotopic (exact) mass is 592 g/mol. The number of halogens is 2. The molecule has 4 aromatic carbocycles. The molecule has 0 N–H and O–H groups in total. The van der Waals surface area contributed by atoms with E-state index in [0.717, 1.165) is 53.8 Å². The molecule has 0 spiro atoms. The lowest BCUT2D eigenvalue weighted by Gasteiger charge is -2.35. The zero-order chi connectivity index (χ0) is 30.6. The van der Waals surface area contributed by atoms with Crippen LogP contribution in [0, 0.1) is 11.6 Å². The van der Waals surface area contributed by atoms with Crippen molar-refractivity contribution in [3.05, 3.63) is 143 Å². The summed E-state index contributed by atoms with van der Waals surface area (Å²) in [6, 6.07) is 31.4. The van der Waals surface area contributed by atoms with Gasteiger partial charge in [-0.05, 0) is 61.1 Å². The molecule has 0 aliphatic carbocycles. The van der Waals surface area contributed by atoms with Gasteiger partial charge in [0.25, 0.3) is 5.91 Å². The first-order valence-electron chi connectivity index (χ1n) is 15.2. The van der Waals surface area contributed by atoms with E-state index in [4.69, 9.17) is 0 Å². The van der Waals surface area contributed by atoms with Gasteiger partial charge in [-0.1, -0.05) is 72.8 Å². The molecule has 0 unspecified atom stereocenters. The van der Waals surface area contributed by atoms with E-state index in [1.165, 1.54) is 29.8 Å². The Kier molecular flexibility index (Phi) is 8.87. The average molecular weight is 593 g/mol. The number of aromatic nitrogens is 1. The topological polar surface area (TPSA) is 31.7 Å². The molecule has 1 aliphatic rings. The van der Waals surface area contributed by atoms with E-state index in [0.29, 0.717) is 25.3 Å². The highest BCUT2D eigenvalue weighted by Gasteiger charge is 2.33. The number of para-hydroxylation sites is 1. The number of benzene rings is 4. The third-order valence-electron chi connectivity index (χ3n) is 8.59. The van der Waals surface area contributed by atoms with E-state index in [-0.39, 0.29) is 17.5 Å². The summed E-state index contributed by atoms with van der Waals surface area (Å²) in [4.78, 5) is 21.2. The van der Waals surface area contributed by atoms with Crippen molar-refractivity contribution in [1.82, 2.24) is 19.3 Å². The van der Waals surface area contributed by atoms with Crippen molar-refractivity contribution < 1.29 is 13.6 Å². The van der Waals surface area contributed by atoms with Crippen molar-refractivity contribution in [1.29, 1.82) is 0 Å². The Morgan fingerprint density at radius 1 is 0.750 bits per heavy atom. The molecule has 1 aliphatic heterocycles. The summed E-state index contributed by atoms with van der Waals surface area (Å²) in [5.41, 5.74) is 5.44. The van der Waals surface area contributed by atoms with Crippen molar-refractivity contribution in [2.24, 2.45) is 0 Å². The molecule has 1 fully saturated rings. The smallest absolute Gasteiger partial charge is 0.270 e. The molecule has 44 heavy (non-hydrogen) atoms. The van der Waals surface area contributed by atoms with Crippen molar-refractivity contribution in [2.75, 3.05) is 46.8 Å². The summed E-state index contributed by atoms with van der Waals surface area (Å²) in [5.74, 6) is -1.07. The number of carbonyl (C=O) groups excluding carboxylic acids is 1. The van der Waals surface area contributed by atoms with Crippen LogP contribution in [-0.4, -0.2) is 72.0 Å². The molecular weight excluding hydrogens is 554 g/mol. The minimum Gasteiger partial charge on any atom is -0.335 e. The van der Waals surface area contributed by atoms with E-state index in [1.807, 2.05) is 37.2 Å². The van der Waals surface area contributed by atoms with Gasteiger partial charge in [0.05, 0.1) is 0 Å². The summed E-state index contributed by atoms with van der Waals surface area (Å²) in [6.07, 6.45) is 0. The number of rotatable bonds is 9. The molecule has 0 bridgehead atoms. The summed E-state index contributed by atoms with van der Waals surface area (Å²) in [7, 11) is 4.06. The first kappa shape index (κ1) is 29.7. The van der Waals surface area contributed by atoms with E-state index >= 15 is 0 Å². The number of amides is 1. The fourth-order valence-corrected chi connectivity index (χ4v) is 6.32. The van der Waals surface area contributed by atoms with E-state index in [1.54, 1.807) is 24.3 Å². The van der Waals surface area contributed by atoms with Crippen molar-refractivity contribution in [3.63, 3.8) is 0 Å². The highest BCUT2D eigenvalue weighted by atomic mass is 19.1. The molecule has 6 rings (SSSR count). The second kappa shape index (κ2) is 13.1. The Balaban J connectivity index is 1.45. The highest BCUT2D eigenvalue weighted by Crippen LogP contribution is 2.41. The van der Waals surface area contributed by atoms with E-state index in [2.05, 4.69) is 50.8 Å². The van der Waals surface area contributed by atoms with E-state index < -0.39 is 5.92 Å². The van der Waals surface area contributed by atoms with Crippen LogP contribution in [0.15, 0.2) is 103 Å². The Morgan fingerprint density at radius 2 is 1.32 bits per heavy atom. The normalized spacial score (nSPS) is 14.2. The van der Waals surface area contributed by atoms with Gasteiger partial charge < -0.3 is 14.4 Å². The molecule has 5 aromatic rings. The van der Waals surface area contributed by atoms with Gasteiger partial charge in [0.2, 0.25) is 0 Å². The lowest BCUT2D eigenvalue weighted by atomic mass is 9.83. The zero-order valence-corrected chi connectivity index (χ0v) is 25.3. The summed E-state index contributed by atoms with van der Waals surface area (Å²) in [6.45, 7) is 5.05. The fraction of sp³-hybridized carbons (Fsp3) is 0.270. The maximum atomic E-state index is 14.7. The minimum atomic E-state index is -0.403. The maximum Gasteiger partial charge on any atom is 0.270 e. The number of carbonyl (C=O) groups is 1. The molecule has 0 atom stereocenters. The lowest BCUT2D eigenvalue weighted by molar-refractivity contribution is 0.0616. The number of nitrogens with zero attached hydrogens (tertiary/aromatic N) is 4. The number of hydrogen-bond donors (Lipinski definition) is 0. The van der Waals surface area contributed by atoms with Gasteiger partial charge in [0, 0.05) is 68.2 Å². The summed E-state index contributed by atoms with van der Waals surface area (Å²) in [5, 5.41) is 0.968. The largest absolute Gasteiger partial charge is 0.335 e. The van der Waals surface area contributed by atoms with Crippen LogP contribution >= 0.6 is 0 Å². The standard InChI is InChI=1S/C37H38F2N4O/c1-40(2)20-25-43-33-11-7-6-10-32(33)35(34(28-12-16-30(38)17-13-28)29-14-18-31(39)19-15-29)36(43)37(44)42-23-21-41(22-24-42)26-27-8-4-3-5-9-27/h3-19,34H,20-26H2,1-2H3. The first-order valence-corrected chi connectivity index (χ1v) is 15.2. The molecule has 5 nitrogen and oxygen atoms in total. The average Bonchev–Trinajstić information content (AvgIpc) is 3.36. The second-order valence-corrected chi connectivity index (χ2v) is 11.8. The molecule has 2 heterocycles. The predicted octanol–water partition coefficient (Wildman–Crippen LogP) is 6.62. The van der Waals surface area contributed by atoms with Crippen LogP contribution in [0.25, 0.3) is 10.9 Å². The molecule has 226 valence electrons. The molecule has 0 radical (unpaired) electrons. The van der Waals surface area contributed by atoms with Crippen LogP contribution < -0.4 is 0 Å². The quantitative estimate of drug-likeness (QED) is 0.193. The van der Waals surface area contributed by atoms with Crippen LogP contribution in [0.1, 0.15) is 38.7 Å². The van der Waals surface area contributed by atoms with Gasteiger partial charge in [-0.3, -0.25) is 9.69 Å². The van der Waals surface area contributed by atoms with Gasteiger partial charge in [0.15, 0.2) is 0 Å². The molecular formula is C37H38F2N4O. The SMILES string of the molecule is CN(C)CCn1c(C(=O)N2CCN(Cc3ccccc3)CC2)c(C(c2ccc(F)cc2)c2ccc(F)cc2)c2ccccc21. The lowest BCUT2D eigenvalue weighted by Crippen LogP contribution is -2.49. The van der Waals surface area contributed by atoms with Crippen LogP contribution in [0.3, 0.4) is 0 Å². The first-order chi connectivity index (χ1) is 21.4. The van der Waals surface area contributed by atoms with Gasteiger partial charge in [-0.25, -0.2) is 8.78 Å². The van der Waals surface area contributed by atoms with Crippen molar-refractivity contribution in [2.45, 2.75) is 19.0 Å². The number of hydrogen-bond acceptors (Lipinski definition) is 3. The van der Waals surface area contributed by atoms with Gasteiger partial charge >= 0.3 is 0 Å². The van der Waals surface area contributed by atoms with Crippen LogP contribution in [-0.2, 0) is 13.1 Å². The summed E-state index contributed by atoms with van der Waals surface area (Å²) >= 11 is 0. The molecule has 1 aromatic heterocycles. The number of piperazine rings is 1. The fourth-order valence-electron chi connectivity index (χ4n) is 6.32. The Hall–Kier alpha value is -4.33. The molecule has 7 heteroatoms. The van der Waals surface area contributed by atoms with E-state index in [9.17, 15) is 13.6 Å². The Morgan fingerprint density at radius 3 is 1.91 bits per heavy atom. The minimum absolute atomic E-state index is 0.0106. The number of fused-ring (bicyclic) bond motifs is 1. The molecule has 0 saturated carbocycles. The predicted molar refractivity (Wildman–Crippen MR) is 172 cm³/mol. The van der Waals surface area contributed by atoms with Crippen LogP contribution in [0.5, 0.6) is 0 Å². The molecule has 1 saturated heterocycles. The Labute approximate surface area is 257 Å². The number of likely N-dealkylation sites (N-methyl/N-ethyl adjacent to an activating group) is 1. The van der Waals surface area contributed by atoms with Crippen molar-refractivity contribution in [3.8, 4) is 0 Å². The maximum absolute atomic E-state index is 14.7. The third kappa shape index (κ3) is 6.30. The summed E-state index contributed by atoms with van der Waals surface area (Å²) < 4.78 is 30.4. The van der Waals surface area contributed by atoms with Gasteiger partial charge in [-0.15, -0.1) is 0 Å². The Bertz CT molecular complexity index is 1660. The second-order valence-electron chi connectivity index (χ2n) is 11.8. The van der Waals surface area contributed by atoms with Crippen LogP contribution in [0.2, 0.25) is 0 Å². The van der Waals surface area contributed by atoms with Gasteiger partial charge in [0.1, 0.15) is 17.3 Å². The third-order valence-corrected chi connectivity index (χ3v) is 8.59. The molecule has 1 amide bonds. The van der Waals surface area contributed by atoms with Crippen molar-refractivity contribution >= 4 is 16.8 Å². The van der Waals surface area contributed by atoms with Crippen LogP contribution in [0.4, 0.5) is 8.78 Å².